The molecule has 1 saturated carbocycles. The Morgan fingerprint density at radius 1 is 1.27 bits per heavy atom. The summed E-state index contributed by atoms with van der Waals surface area (Å²) in [5, 5.41) is 12.2. The van der Waals surface area contributed by atoms with Crippen molar-refractivity contribution in [2.45, 2.75) is 64.2 Å². The van der Waals surface area contributed by atoms with Gasteiger partial charge in [0.05, 0.1) is 6.54 Å². The van der Waals surface area contributed by atoms with E-state index in [1.165, 1.54) is 18.4 Å². The van der Waals surface area contributed by atoms with Gasteiger partial charge in [-0.05, 0) is 32.3 Å². The molecule has 0 aliphatic heterocycles. The van der Waals surface area contributed by atoms with Gasteiger partial charge in [0.15, 0.2) is 0 Å². The van der Waals surface area contributed by atoms with Gasteiger partial charge >= 0.3 is 5.97 Å². The van der Waals surface area contributed by atoms with Gasteiger partial charge in [0.25, 0.3) is 0 Å². The maximum Gasteiger partial charge on any atom is 0.317 e. The van der Waals surface area contributed by atoms with Crippen molar-refractivity contribution in [3.63, 3.8) is 0 Å². The molecule has 4 nitrogen and oxygen atoms in total. The topological polar surface area (TPSA) is 52.6 Å². The van der Waals surface area contributed by atoms with Crippen molar-refractivity contribution >= 4 is 5.97 Å². The van der Waals surface area contributed by atoms with Crippen LogP contribution in [0.4, 0.5) is 0 Å². The average molecular weight is 304 g/mol. The molecule has 1 aromatic rings. The Bertz CT molecular complexity index is 461. The van der Waals surface area contributed by atoms with Crippen LogP contribution < -0.4 is 5.32 Å². The molecule has 0 aromatic heterocycles. The van der Waals surface area contributed by atoms with E-state index in [9.17, 15) is 4.79 Å². The second-order valence-electron chi connectivity index (χ2n) is 6.48. The van der Waals surface area contributed by atoms with E-state index in [0.717, 1.165) is 19.4 Å². The Morgan fingerprint density at radius 3 is 2.59 bits per heavy atom. The first kappa shape index (κ1) is 17.0. The van der Waals surface area contributed by atoms with Crippen molar-refractivity contribution in [3.05, 3.63) is 35.9 Å². The molecule has 1 aliphatic rings. The van der Waals surface area contributed by atoms with Gasteiger partial charge in [-0.1, -0.05) is 43.2 Å². The number of rotatable bonds is 7. The fourth-order valence-corrected chi connectivity index (χ4v) is 3.44. The standard InChI is InChI=1S/C18H28N2O2/c1-14(2)20(13-15-8-4-3-5-9-15)17-11-7-6-10-16(17)19-12-18(21)22/h3-5,8-9,14,16-17,19H,6-7,10-13H2,1-2H3,(H,21,22)/t16-,17-/m1/s1. The fraction of sp³-hybridized carbons (Fsp3) is 0.611. The van der Waals surface area contributed by atoms with Crippen molar-refractivity contribution < 1.29 is 9.90 Å². The number of benzene rings is 1. The first-order valence-corrected chi connectivity index (χ1v) is 8.32. The zero-order chi connectivity index (χ0) is 15.9. The van der Waals surface area contributed by atoms with Gasteiger partial charge < -0.3 is 10.4 Å². The minimum atomic E-state index is -0.775. The quantitative estimate of drug-likeness (QED) is 0.813. The van der Waals surface area contributed by atoms with Gasteiger partial charge in [-0.2, -0.15) is 0 Å². The van der Waals surface area contributed by atoms with E-state index in [1.807, 2.05) is 6.07 Å². The summed E-state index contributed by atoms with van der Waals surface area (Å²) in [5.41, 5.74) is 1.32. The van der Waals surface area contributed by atoms with E-state index < -0.39 is 5.97 Å². The molecule has 0 bridgehead atoms. The number of aliphatic carboxylic acids is 1. The van der Waals surface area contributed by atoms with E-state index in [0.29, 0.717) is 12.1 Å². The van der Waals surface area contributed by atoms with Crippen LogP contribution >= 0.6 is 0 Å². The number of hydrogen-bond acceptors (Lipinski definition) is 3. The normalized spacial score (nSPS) is 22.2. The predicted molar refractivity (Wildman–Crippen MR) is 88.8 cm³/mol. The summed E-state index contributed by atoms with van der Waals surface area (Å²) < 4.78 is 0. The van der Waals surface area contributed by atoms with E-state index in [-0.39, 0.29) is 12.6 Å². The molecule has 0 heterocycles. The van der Waals surface area contributed by atoms with Crippen LogP contribution in [0.25, 0.3) is 0 Å². The molecule has 4 heteroatoms. The molecule has 0 amide bonds. The van der Waals surface area contributed by atoms with Crippen LogP contribution in [0.15, 0.2) is 30.3 Å². The number of carbonyl (C=O) groups is 1. The average Bonchev–Trinajstić information content (AvgIpc) is 2.52. The molecule has 1 aliphatic carbocycles. The second kappa shape index (κ2) is 8.30. The Labute approximate surface area is 133 Å². The van der Waals surface area contributed by atoms with Gasteiger partial charge in [-0.15, -0.1) is 0 Å². The molecule has 1 fully saturated rings. The number of hydrogen-bond donors (Lipinski definition) is 2. The molecule has 0 saturated heterocycles. The van der Waals surface area contributed by atoms with Crippen molar-refractivity contribution in [2.24, 2.45) is 0 Å². The lowest BCUT2D eigenvalue weighted by atomic mass is 9.88. The molecular weight excluding hydrogens is 276 g/mol. The number of nitrogens with one attached hydrogen (secondary N) is 1. The van der Waals surface area contributed by atoms with Crippen molar-refractivity contribution in [3.8, 4) is 0 Å². The first-order chi connectivity index (χ1) is 10.6. The van der Waals surface area contributed by atoms with Crippen molar-refractivity contribution in [1.29, 1.82) is 0 Å². The smallest absolute Gasteiger partial charge is 0.317 e. The first-order valence-electron chi connectivity index (χ1n) is 8.32. The lowest BCUT2D eigenvalue weighted by molar-refractivity contribution is -0.136. The molecule has 2 N–H and O–H groups in total. The lowest BCUT2D eigenvalue weighted by Crippen LogP contribution is -2.54. The van der Waals surface area contributed by atoms with Crippen LogP contribution in [-0.4, -0.2) is 40.6 Å². The monoisotopic (exact) mass is 304 g/mol. The lowest BCUT2D eigenvalue weighted by Gasteiger charge is -2.42. The van der Waals surface area contributed by atoms with Gasteiger partial charge in [0.2, 0.25) is 0 Å². The van der Waals surface area contributed by atoms with Crippen molar-refractivity contribution in [1.82, 2.24) is 10.2 Å². The van der Waals surface area contributed by atoms with Gasteiger partial charge in [-0.3, -0.25) is 9.69 Å². The number of carboxylic acids is 1. The molecule has 0 unspecified atom stereocenters. The van der Waals surface area contributed by atoms with E-state index in [1.54, 1.807) is 0 Å². The number of nitrogens with zero attached hydrogens (tertiary/aromatic N) is 1. The third-order valence-electron chi connectivity index (χ3n) is 4.54. The van der Waals surface area contributed by atoms with Crippen LogP contribution in [0.3, 0.4) is 0 Å². The van der Waals surface area contributed by atoms with Crippen molar-refractivity contribution in [2.75, 3.05) is 6.54 Å². The van der Waals surface area contributed by atoms with E-state index in [2.05, 4.69) is 48.3 Å². The maximum atomic E-state index is 10.9. The van der Waals surface area contributed by atoms with Crippen LogP contribution in [0.5, 0.6) is 0 Å². The highest BCUT2D eigenvalue weighted by Gasteiger charge is 2.31. The minimum absolute atomic E-state index is 0.0540. The van der Waals surface area contributed by atoms with Crippen LogP contribution in [0.2, 0.25) is 0 Å². The van der Waals surface area contributed by atoms with Gasteiger partial charge in [0, 0.05) is 24.7 Å². The largest absolute Gasteiger partial charge is 0.480 e. The molecule has 2 rings (SSSR count). The molecule has 0 spiro atoms. The summed E-state index contributed by atoms with van der Waals surface area (Å²) in [7, 11) is 0. The van der Waals surface area contributed by atoms with E-state index in [4.69, 9.17) is 5.11 Å². The summed E-state index contributed by atoms with van der Waals surface area (Å²) in [6.07, 6.45) is 4.62. The summed E-state index contributed by atoms with van der Waals surface area (Å²) in [6.45, 7) is 5.43. The predicted octanol–water partition coefficient (Wildman–Crippen LogP) is 2.88. The Kier molecular flexibility index (Phi) is 6.40. The molecule has 2 atom stereocenters. The Balaban J connectivity index is 2.08. The molecule has 122 valence electrons. The SMILES string of the molecule is CC(C)N(Cc1ccccc1)[C@@H]1CCCC[C@H]1NCC(=O)O. The third kappa shape index (κ3) is 4.82. The zero-order valence-electron chi connectivity index (χ0n) is 13.7. The third-order valence-corrected chi connectivity index (χ3v) is 4.54. The maximum absolute atomic E-state index is 10.9. The molecule has 22 heavy (non-hydrogen) atoms. The Hall–Kier alpha value is -1.39. The second-order valence-corrected chi connectivity index (χ2v) is 6.48. The van der Waals surface area contributed by atoms with Crippen LogP contribution in [-0.2, 0) is 11.3 Å². The van der Waals surface area contributed by atoms with Gasteiger partial charge in [-0.25, -0.2) is 0 Å². The fourth-order valence-electron chi connectivity index (χ4n) is 3.44. The molecular formula is C18H28N2O2. The highest BCUT2D eigenvalue weighted by Crippen LogP contribution is 2.26. The highest BCUT2D eigenvalue weighted by molar-refractivity contribution is 5.69. The summed E-state index contributed by atoms with van der Waals surface area (Å²) in [4.78, 5) is 13.4. The van der Waals surface area contributed by atoms with E-state index >= 15 is 0 Å². The Morgan fingerprint density at radius 2 is 1.95 bits per heavy atom. The summed E-state index contributed by atoms with van der Waals surface area (Å²) >= 11 is 0. The zero-order valence-corrected chi connectivity index (χ0v) is 13.7. The molecule has 0 radical (unpaired) electrons. The number of carboxylic acid groups (broad SMARTS) is 1. The minimum Gasteiger partial charge on any atom is -0.480 e. The molecule has 1 aromatic carbocycles. The summed E-state index contributed by atoms with van der Waals surface area (Å²) in [6, 6.07) is 11.7. The van der Waals surface area contributed by atoms with Crippen LogP contribution in [0.1, 0.15) is 45.1 Å². The van der Waals surface area contributed by atoms with Gasteiger partial charge in [0.1, 0.15) is 0 Å². The highest BCUT2D eigenvalue weighted by atomic mass is 16.4. The summed E-state index contributed by atoms with van der Waals surface area (Å²) in [5.74, 6) is -0.775. The van der Waals surface area contributed by atoms with Crippen LogP contribution in [0, 0.1) is 0 Å².